The predicted molar refractivity (Wildman–Crippen MR) is 63.7 cm³/mol. The Hall–Kier alpha value is -1.54. The molecule has 0 radical (unpaired) electrons. The first-order valence-electron chi connectivity index (χ1n) is 5.21. The molecule has 0 atom stereocenters. The summed E-state index contributed by atoms with van der Waals surface area (Å²) < 4.78 is 0. The zero-order chi connectivity index (χ0) is 10.7. The third-order valence-electron chi connectivity index (χ3n) is 2.64. The number of aliphatic hydroxyl groups is 1. The molecule has 0 unspecified atom stereocenters. The molecule has 2 rings (SSSR count). The molecule has 0 bridgehead atoms. The summed E-state index contributed by atoms with van der Waals surface area (Å²) in [4.78, 5) is 3.22. The van der Waals surface area contributed by atoms with E-state index >= 15 is 0 Å². The SMILES string of the molecule is CCC(=Cc1c[nH]c2ccccc12)CO. The number of nitrogens with one attached hydrogen (secondary N) is 1. The van der Waals surface area contributed by atoms with E-state index in [0.717, 1.165) is 23.1 Å². The fraction of sp³-hybridized carbons (Fsp3) is 0.231. The lowest BCUT2D eigenvalue weighted by atomic mass is 10.1. The highest BCUT2D eigenvalue weighted by Gasteiger charge is 2.00. The van der Waals surface area contributed by atoms with E-state index in [0.29, 0.717) is 0 Å². The van der Waals surface area contributed by atoms with E-state index in [-0.39, 0.29) is 6.61 Å². The summed E-state index contributed by atoms with van der Waals surface area (Å²) in [6, 6.07) is 8.18. The molecular formula is C13H15NO. The average molecular weight is 201 g/mol. The van der Waals surface area contributed by atoms with Gasteiger partial charge in [0.1, 0.15) is 0 Å². The van der Waals surface area contributed by atoms with Gasteiger partial charge < -0.3 is 10.1 Å². The van der Waals surface area contributed by atoms with Crippen LogP contribution in [-0.2, 0) is 0 Å². The first kappa shape index (κ1) is 9.99. The van der Waals surface area contributed by atoms with Gasteiger partial charge in [0.05, 0.1) is 6.61 Å². The number of aliphatic hydroxyl groups excluding tert-OH is 1. The van der Waals surface area contributed by atoms with Crippen LogP contribution in [0.5, 0.6) is 0 Å². The Morgan fingerprint density at radius 3 is 2.93 bits per heavy atom. The molecule has 0 spiro atoms. The van der Waals surface area contributed by atoms with Crippen molar-refractivity contribution in [1.29, 1.82) is 0 Å². The van der Waals surface area contributed by atoms with E-state index in [2.05, 4.69) is 30.1 Å². The Morgan fingerprint density at radius 2 is 2.20 bits per heavy atom. The quantitative estimate of drug-likeness (QED) is 0.787. The van der Waals surface area contributed by atoms with Gasteiger partial charge in [0.15, 0.2) is 0 Å². The maximum absolute atomic E-state index is 9.12. The van der Waals surface area contributed by atoms with Crippen LogP contribution in [0.3, 0.4) is 0 Å². The van der Waals surface area contributed by atoms with Crippen molar-refractivity contribution in [2.24, 2.45) is 0 Å². The molecule has 1 aromatic carbocycles. The lowest BCUT2D eigenvalue weighted by Crippen LogP contribution is -1.87. The van der Waals surface area contributed by atoms with Crippen LogP contribution < -0.4 is 0 Å². The minimum atomic E-state index is 0.135. The number of benzene rings is 1. The van der Waals surface area contributed by atoms with Crippen LogP contribution in [0.25, 0.3) is 17.0 Å². The van der Waals surface area contributed by atoms with Gasteiger partial charge in [-0.3, -0.25) is 0 Å². The summed E-state index contributed by atoms with van der Waals surface area (Å²) in [5, 5.41) is 10.3. The maximum Gasteiger partial charge on any atom is 0.0644 e. The number of hydrogen-bond acceptors (Lipinski definition) is 1. The van der Waals surface area contributed by atoms with Crippen LogP contribution in [0.4, 0.5) is 0 Å². The standard InChI is InChI=1S/C13H15NO/c1-2-10(9-15)7-11-8-14-13-6-4-3-5-12(11)13/h3-8,14-15H,2,9H2,1H3. The molecule has 2 heteroatoms. The summed E-state index contributed by atoms with van der Waals surface area (Å²) in [5.41, 5.74) is 3.34. The third-order valence-corrected chi connectivity index (χ3v) is 2.64. The number of para-hydroxylation sites is 1. The number of fused-ring (bicyclic) bond motifs is 1. The molecule has 0 fully saturated rings. The summed E-state index contributed by atoms with van der Waals surface area (Å²) in [5.74, 6) is 0. The van der Waals surface area contributed by atoms with Gasteiger partial charge in [-0.25, -0.2) is 0 Å². The molecular weight excluding hydrogens is 186 g/mol. The van der Waals surface area contributed by atoms with Crippen LogP contribution in [0.1, 0.15) is 18.9 Å². The van der Waals surface area contributed by atoms with E-state index in [4.69, 9.17) is 5.11 Å². The van der Waals surface area contributed by atoms with Crippen molar-refractivity contribution >= 4 is 17.0 Å². The second-order valence-corrected chi connectivity index (χ2v) is 3.60. The van der Waals surface area contributed by atoms with Gasteiger partial charge in [0.25, 0.3) is 0 Å². The minimum absolute atomic E-state index is 0.135. The molecule has 0 saturated carbocycles. The number of aromatic amines is 1. The highest BCUT2D eigenvalue weighted by atomic mass is 16.3. The maximum atomic E-state index is 9.12. The lowest BCUT2D eigenvalue weighted by Gasteiger charge is -1.98. The van der Waals surface area contributed by atoms with Crippen molar-refractivity contribution < 1.29 is 5.11 Å². The van der Waals surface area contributed by atoms with Crippen molar-refractivity contribution in [3.63, 3.8) is 0 Å². The molecule has 0 aliphatic carbocycles. The molecule has 78 valence electrons. The van der Waals surface area contributed by atoms with Crippen LogP contribution in [-0.4, -0.2) is 16.7 Å². The summed E-state index contributed by atoms with van der Waals surface area (Å²) in [6.45, 7) is 2.19. The van der Waals surface area contributed by atoms with E-state index in [9.17, 15) is 0 Å². The Labute approximate surface area is 89.3 Å². The topological polar surface area (TPSA) is 36.0 Å². The molecule has 15 heavy (non-hydrogen) atoms. The third kappa shape index (κ3) is 1.95. The fourth-order valence-electron chi connectivity index (χ4n) is 1.69. The summed E-state index contributed by atoms with van der Waals surface area (Å²) in [7, 11) is 0. The van der Waals surface area contributed by atoms with Crippen molar-refractivity contribution in [2.45, 2.75) is 13.3 Å². The van der Waals surface area contributed by atoms with E-state index in [1.54, 1.807) is 0 Å². The van der Waals surface area contributed by atoms with Crippen LogP contribution in [0.2, 0.25) is 0 Å². The molecule has 2 aromatic rings. The van der Waals surface area contributed by atoms with E-state index in [1.807, 2.05) is 18.3 Å². The summed E-state index contributed by atoms with van der Waals surface area (Å²) >= 11 is 0. The van der Waals surface area contributed by atoms with Gasteiger partial charge in [-0.2, -0.15) is 0 Å². The smallest absolute Gasteiger partial charge is 0.0644 e. The number of hydrogen-bond donors (Lipinski definition) is 2. The van der Waals surface area contributed by atoms with Gasteiger partial charge in [0.2, 0.25) is 0 Å². The first-order chi connectivity index (χ1) is 7.35. The molecule has 0 aliphatic heterocycles. The van der Waals surface area contributed by atoms with E-state index in [1.165, 1.54) is 5.39 Å². The van der Waals surface area contributed by atoms with Gasteiger partial charge in [-0.15, -0.1) is 0 Å². The Bertz CT molecular complexity index is 476. The molecule has 0 amide bonds. The fourth-order valence-corrected chi connectivity index (χ4v) is 1.69. The lowest BCUT2D eigenvalue weighted by molar-refractivity contribution is 0.329. The summed E-state index contributed by atoms with van der Waals surface area (Å²) in [6.07, 6.45) is 4.92. The zero-order valence-electron chi connectivity index (χ0n) is 8.83. The monoisotopic (exact) mass is 201 g/mol. The van der Waals surface area contributed by atoms with Crippen LogP contribution >= 0.6 is 0 Å². The molecule has 1 aromatic heterocycles. The number of rotatable bonds is 3. The zero-order valence-corrected chi connectivity index (χ0v) is 8.83. The second-order valence-electron chi connectivity index (χ2n) is 3.60. The minimum Gasteiger partial charge on any atom is -0.392 e. The van der Waals surface area contributed by atoms with E-state index < -0.39 is 0 Å². The number of aromatic nitrogens is 1. The molecule has 0 saturated heterocycles. The van der Waals surface area contributed by atoms with Gasteiger partial charge >= 0.3 is 0 Å². The Kier molecular flexibility index (Phi) is 2.88. The largest absolute Gasteiger partial charge is 0.392 e. The van der Waals surface area contributed by atoms with Crippen LogP contribution in [0, 0.1) is 0 Å². The Balaban J connectivity index is 2.48. The van der Waals surface area contributed by atoms with Gasteiger partial charge in [0, 0.05) is 17.1 Å². The first-order valence-corrected chi connectivity index (χ1v) is 5.21. The highest BCUT2D eigenvalue weighted by Crippen LogP contribution is 2.20. The van der Waals surface area contributed by atoms with Crippen molar-refractivity contribution in [3.05, 3.63) is 41.6 Å². The van der Waals surface area contributed by atoms with Crippen molar-refractivity contribution in [1.82, 2.24) is 4.98 Å². The molecule has 0 aliphatic rings. The molecule has 2 nitrogen and oxygen atoms in total. The van der Waals surface area contributed by atoms with Crippen molar-refractivity contribution in [2.75, 3.05) is 6.61 Å². The van der Waals surface area contributed by atoms with Gasteiger partial charge in [-0.05, 0) is 23.6 Å². The molecule has 1 heterocycles. The van der Waals surface area contributed by atoms with Crippen molar-refractivity contribution in [3.8, 4) is 0 Å². The van der Waals surface area contributed by atoms with Gasteiger partial charge in [-0.1, -0.05) is 31.2 Å². The van der Waals surface area contributed by atoms with Crippen LogP contribution in [0.15, 0.2) is 36.0 Å². The highest BCUT2D eigenvalue weighted by molar-refractivity contribution is 5.89. The molecule has 2 N–H and O–H groups in total. The predicted octanol–water partition coefficient (Wildman–Crippen LogP) is 2.95. The average Bonchev–Trinajstić information content (AvgIpc) is 2.69. The second kappa shape index (κ2) is 4.32. The normalized spacial score (nSPS) is 12.3. The Morgan fingerprint density at radius 1 is 1.40 bits per heavy atom. The number of H-pyrrole nitrogens is 1.